The van der Waals surface area contributed by atoms with Gasteiger partial charge in [-0.25, -0.2) is 0 Å². The lowest BCUT2D eigenvalue weighted by atomic mass is 9.91. The molecule has 0 fully saturated rings. The summed E-state index contributed by atoms with van der Waals surface area (Å²) < 4.78 is 6.04. The molecule has 0 aliphatic heterocycles. The lowest BCUT2D eigenvalue weighted by Crippen LogP contribution is -2.29. The molecule has 174 valence electrons. The summed E-state index contributed by atoms with van der Waals surface area (Å²) in [5.41, 5.74) is -2.59. The minimum Gasteiger partial charge on any atom is -0.493 e. The number of azo groups is 1. The Morgan fingerprint density at radius 3 is 2.64 bits per heavy atom. The molecule has 0 radical (unpaired) electrons. The largest absolute Gasteiger partial charge is 0.493 e. The summed E-state index contributed by atoms with van der Waals surface area (Å²) in [6.07, 6.45) is 0.543. The molecule has 11 nitrogen and oxygen atoms in total. The fraction of sp³-hybridized carbons (Fsp3) is 0.381. The fourth-order valence-corrected chi connectivity index (χ4v) is 2.83. The number of nitrogens with zero attached hydrogens (tertiary/aromatic N) is 5. The summed E-state index contributed by atoms with van der Waals surface area (Å²) in [4.78, 5) is 35.6. The van der Waals surface area contributed by atoms with E-state index in [1.165, 1.54) is 19.1 Å². The van der Waals surface area contributed by atoms with E-state index in [0.717, 1.165) is 10.6 Å². The molecule has 0 saturated carbocycles. The van der Waals surface area contributed by atoms with Crippen molar-refractivity contribution >= 4 is 34.6 Å². The highest BCUT2D eigenvalue weighted by molar-refractivity contribution is 6.30. The van der Waals surface area contributed by atoms with Crippen LogP contribution in [0.4, 0.5) is 17.1 Å². The van der Waals surface area contributed by atoms with Crippen LogP contribution in [0.5, 0.6) is 5.88 Å². The average molecular weight is 476 g/mol. The maximum absolute atomic E-state index is 12.9. The normalized spacial score (nSPS) is 11.4. The molecule has 0 bridgehead atoms. The summed E-state index contributed by atoms with van der Waals surface area (Å²) in [5, 5.41) is 38.8. The molecule has 1 aromatic heterocycles. The Labute approximate surface area is 194 Å². The predicted molar refractivity (Wildman–Crippen MR) is 119 cm³/mol. The molecule has 2 rings (SSSR count). The smallest absolute Gasteiger partial charge is 0.311 e. The Balaban J connectivity index is 2.46. The van der Waals surface area contributed by atoms with Crippen molar-refractivity contribution in [3.05, 3.63) is 54.8 Å². The van der Waals surface area contributed by atoms with E-state index in [9.17, 15) is 30.1 Å². The Morgan fingerprint density at radius 2 is 2.06 bits per heavy atom. The van der Waals surface area contributed by atoms with Gasteiger partial charge < -0.3 is 9.84 Å². The van der Waals surface area contributed by atoms with Crippen molar-refractivity contribution in [3.8, 4) is 11.9 Å². The van der Waals surface area contributed by atoms with Crippen LogP contribution in [0.3, 0.4) is 0 Å². The van der Waals surface area contributed by atoms with Gasteiger partial charge in [-0.15, -0.1) is 10.2 Å². The second-order valence-electron chi connectivity index (χ2n) is 7.70. The third-order valence-electron chi connectivity index (χ3n) is 5.15. The Morgan fingerprint density at radius 1 is 1.39 bits per heavy atom. The van der Waals surface area contributed by atoms with Crippen molar-refractivity contribution in [1.82, 2.24) is 4.57 Å². The first-order valence-electron chi connectivity index (χ1n) is 9.84. The number of rotatable bonds is 8. The van der Waals surface area contributed by atoms with E-state index in [1.54, 1.807) is 19.9 Å². The standard InChI is InChI=1S/C21H22ClN5O6/c1-5-21(3,4)20(30)33-9-8-26-18(28)14(11-23)12(2)17(19(26)29)25-24-15-7-6-13(22)10-16(15)27(31)32/h6-7,10,28H,5,8-9H2,1-4H3. The van der Waals surface area contributed by atoms with Crippen LogP contribution in [-0.2, 0) is 16.1 Å². The molecule has 0 amide bonds. The maximum Gasteiger partial charge on any atom is 0.311 e. The van der Waals surface area contributed by atoms with Crippen LogP contribution >= 0.6 is 11.6 Å². The molecule has 0 saturated heterocycles. The van der Waals surface area contributed by atoms with Crippen LogP contribution < -0.4 is 5.56 Å². The van der Waals surface area contributed by atoms with Gasteiger partial charge in [-0.1, -0.05) is 18.5 Å². The number of hydrogen-bond acceptors (Lipinski definition) is 9. The van der Waals surface area contributed by atoms with Gasteiger partial charge in [0, 0.05) is 16.7 Å². The maximum atomic E-state index is 12.9. The summed E-state index contributed by atoms with van der Waals surface area (Å²) >= 11 is 5.78. The van der Waals surface area contributed by atoms with E-state index in [-0.39, 0.29) is 40.7 Å². The van der Waals surface area contributed by atoms with Crippen molar-refractivity contribution < 1.29 is 19.6 Å². The molecular weight excluding hydrogens is 454 g/mol. The van der Waals surface area contributed by atoms with Gasteiger partial charge in [0.25, 0.3) is 11.2 Å². The van der Waals surface area contributed by atoms with Gasteiger partial charge >= 0.3 is 5.97 Å². The van der Waals surface area contributed by atoms with E-state index in [0.29, 0.717) is 6.42 Å². The van der Waals surface area contributed by atoms with Gasteiger partial charge in [-0.2, -0.15) is 5.26 Å². The zero-order valence-electron chi connectivity index (χ0n) is 18.5. The first-order chi connectivity index (χ1) is 15.4. The van der Waals surface area contributed by atoms with E-state index >= 15 is 0 Å². The monoisotopic (exact) mass is 475 g/mol. The number of ether oxygens (including phenoxy) is 1. The number of aromatic hydroxyl groups is 1. The molecular formula is C21H22ClN5O6. The van der Waals surface area contributed by atoms with Crippen LogP contribution in [0, 0.1) is 33.8 Å². The van der Waals surface area contributed by atoms with Crippen molar-refractivity contribution in [2.45, 2.75) is 40.7 Å². The summed E-state index contributed by atoms with van der Waals surface area (Å²) in [6.45, 7) is 6.18. The van der Waals surface area contributed by atoms with Crippen molar-refractivity contribution in [2.75, 3.05) is 6.61 Å². The number of nitro groups is 1. The van der Waals surface area contributed by atoms with Gasteiger partial charge in [0.05, 0.1) is 16.9 Å². The molecule has 12 heteroatoms. The van der Waals surface area contributed by atoms with E-state index < -0.39 is 33.4 Å². The number of pyridine rings is 1. The molecule has 0 spiro atoms. The first kappa shape index (κ1) is 25.5. The fourth-order valence-electron chi connectivity index (χ4n) is 2.67. The zero-order valence-corrected chi connectivity index (χ0v) is 19.2. The van der Waals surface area contributed by atoms with E-state index in [4.69, 9.17) is 16.3 Å². The van der Waals surface area contributed by atoms with E-state index in [1.807, 2.05) is 6.92 Å². The predicted octanol–water partition coefficient (Wildman–Crippen LogP) is 4.69. The topological polar surface area (TPSA) is 160 Å². The van der Waals surface area contributed by atoms with Gasteiger partial charge in [0.1, 0.15) is 18.2 Å². The number of nitriles is 1. The Bertz CT molecular complexity index is 1230. The number of halogens is 1. The third kappa shape index (κ3) is 5.53. The number of carbonyl (C=O) groups excluding carboxylic acids is 1. The second kappa shape index (κ2) is 10.2. The van der Waals surface area contributed by atoms with Gasteiger partial charge in [0.2, 0.25) is 5.88 Å². The summed E-state index contributed by atoms with van der Waals surface area (Å²) in [7, 11) is 0. The molecule has 0 aliphatic carbocycles. The number of esters is 1. The first-order valence-corrected chi connectivity index (χ1v) is 10.2. The Hall–Kier alpha value is -3.78. The highest BCUT2D eigenvalue weighted by Crippen LogP contribution is 2.32. The molecule has 0 aliphatic rings. The number of aromatic nitrogens is 1. The zero-order chi connectivity index (χ0) is 24.9. The van der Waals surface area contributed by atoms with Crippen LogP contribution in [0.25, 0.3) is 0 Å². The average Bonchev–Trinajstić information content (AvgIpc) is 2.76. The quantitative estimate of drug-likeness (QED) is 0.250. The molecule has 2 aromatic rings. The molecule has 0 atom stereocenters. The molecule has 1 N–H and O–H groups in total. The summed E-state index contributed by atoms with van der Waals surface area (Å²) in [5.74, 6) is -1.08. The number of carbonyl (C=O) groups is 1. The van der Waals surface area contributed by atoms with Gasteiger partial charge in [-0.3, -0.25) is 24.3 Å². The Kier molecular flexibility index (Phi) is 7.90. The third-order valence-corrected chi connectivity index (χ3v) is 5.38. The van der Waals surface area contributed by atoms with Gasteiger partial charge in [-0.05, 0) is 39.3 Å². The highest BCUT2D eigenvalue weighted by atomic mass is 35.5. The second-order valence-corrected chi connectivity index (χ2v) is 8.14. The van der Waals surface area contributed by atoms with Crippen LogP contribution in [0.2, 0.25) is 5.02 Å². The number of benzene rings is 1. The SMILES string of the molecule is CCC(C)(C)C(=O)OCCn1c(O)c(C#N)c(C)c(N=Nc2ccc(Cl)cc2[N+](=O)[O-])c1=O. The molecule has 33 heavy (non-hydrogen) atoms. The number of hydrogen-bond donors (Lipinski definition) is 1. The van der Waals surface area contributed by atoms with Gasteiger partial charge in [0.15, 0.2) is 11.4 Å². The number of nitro benzene ring substituents is 1. The minimum atomic E-state index is -0.810. The van der Waals surface area contributed by atoms with E-state index in [2.05, 4.69) is 10.2 Å². The minimum absolute atomic E-state index is 0.0423. The molecule has 1 aromatic carbocycles. The van der Waals surface area contributed by atoms with Crippen LogP contribution in [0.1, 0.15) is 38.3 Å². The van der Waals surface area contributed by atoms with Crippen LogP contribution in [-0.4, -0.2) is 27.2 Å². The van der Waals surface area contributed by atoms with Crippen molar-refractivity contribution in [3.63, 3.8) is 0 Å². The molecule has 0 unspecified atom stereocenters. The molecule has 1 heterocycles. The lowest BCUT2D eigenvalue weighted by Gasteiger charge is -2.20. The van der Waals surface area contributed by atoms with Crippen LogP contribution in [0.15, 0.2) is 33.2 Å². The van der Waals surface area contributed by atoms with Crippen molar-refractivity contribution in [1.29, 1.82) is 5.26 Å². The highest BCUT2D eigenvalue weighted by Gasteiger charge is 2.27. The van der Waals surface area contributed by atoms with Crippen molar-refractivity contribution in [2.24, 2.45) is 15.6 Å². The summed E-state index contributed by atoms with van der Waals surface area (Å²) in [6, 6.07) is 5.52. The lowest BCUT2D eigenvalue weighted by molar-refractivity contribution is -0.384.